The molecular formula is C15H29IN4O. The first-order chi connectivity index (χ1) is 9.67. The Labute approximate surface area is 145 Å². The molecule has 0 saturated carbocycles. The zero-order chi connectivity index (χ0) is 14.8. The van der Waals surface area contributed by atoms with E-state index < -0.39 is 0 Å². The molecule has 21 heavy (non-hydrogen) atoms. The monoisotopic (exact) mass is 408 g/mol. The van der Waals surface area contributed by atoms with Crippen molar-refractivity contribution in [2.45, 2.75) is 59.9 Å². The van der Waals surface area contributed by atoms with Crippen LogP contribution >= 0.6 is 24.0 Å². The van der Waals surface area contributed by atoms with Crippen molar-refractivity contribution >= 4 is 29.9 Å². The fourth-order valence-corrected chi connectivity index (χ4v) is 1.85. The van der Waals surface area contributed by atoms with E-state index in [1.54, 1.807) is 0 Å². The number of rotatable bonds is 8. The van der Waals surface area contributed by atoms with E-state index in [-0.39, 0.29) is 24.0 Å². The summed E-state index contributed by atoms with van der Waals surface area (Å²) in [6.07, 6.45) is 5.00. The minimum absolute atomic E-state index is 0. The van der Waals surface area contributed by atoms with E-state index in [4.69, 9.17) is 4.42 Å². The fraction of sp³-hybridized carbons (Fsp3) is 0.733. The van der Waals surface area contributed by atoms with E-state index in [1.807, 2.05) is 13.8 Å². The maximum atomic E-state index is 5.53. The van der Waals surface area contributed by atoms with E-state index in [1.165, 1.54) is 25.7 Å². The molecule has 2 N–H and O–H groups in total. The quantitative estimate of drug-likeness (QED) is 0.299. The number of hydrogen-bond acceptors (Lipinski definition) is 3. The Morgan fingerprint density at radius 3 is 2.48 bits per heavy atom. The van der Waals surface area contributed by atoms with Gasteiger partial charge in [0.1, 0.15) is 12.3 Å². The summed E-state index contributed by atoms with van der Waals surface area (Å²) >= 11 is 0. The number of guanidine groups is 1. The van der Waals surface area contributed by atoms with Gasteiger partial charge in [0.15, 0.2) is 5.96 Å². The molecule has 0 bridgehead atoms. The standard InChI is InChI=1S/C15H28N4O.HI/c1-5-7-8-9-10-17-15(16-6-2)18-11-14-19-12(3)13(4)20-14;/h5-11H2,1-4H3,(H2,16,17,18);1H. The van der Waals surface area contributed by atoms with Crippen LogP contribution in [-0.4, -0.2) is 24.0 Å². The van der Waals surface area contributed by atoms with Crippen LogP contribution in [0.5, 0.6) is 0 Å². The molecule has 0 amide bonds. The van der Waals surface area contributed by atoms with Crippen LogP contribution < -0.4 is 10.6 Å². The Kier molecular flexibility index (Phi) is 11.4. The molecular weight excluding hydrogens is 379 g/mol. The van der Waals surface area contributed by atoms with Gasteiger partial charge in [-0.25, -0.2) is 9.98 Å². The van der Waals surface area contributed by atoms with Crippen molar-refractivity contribution < 1.29 is 4.42 Å². The van der Waals surface area contributed by atoms with Crippen LogP contribution in [0.1, 0.15) is 56.9 Å². The Morgan fingerprint density at radius 1 is 1.14 bits per heavy atom. The summed E-state index contributed by atoms with van der Waals surface area (Å²) in [6.45, 7) is 10.4. The molecule has 5 nitrogen and oxygen atoms in total. The number of halogens is 1. The summed E-state index contributed by atoms with van der Waals surface area (Å²) in [6, 6.07) is 0. The summed E-state index contributed by atoms with van der Waals surface area (Å²) in [5.74, 6) is 2.37. The van der Waals surface area contributed by atoms with Crippen molar-refractivity contribution in [3.8, 4) is 0 Å². The highest BCUT2D eigenvalue weighted by molar-refractivity contribution is 14.0. The lowest BCUT2D eigenvalue weighted by atomic mass is 10.2. The molecule has 1 heterocycles. The van der Waals surface area contributed by atoms with E-state index in [0.717, 1.165) is 30.5 Å². The molecule has 0 atom stereocenters. The first kappa shape index (κ1) is 20.2. The smallest absolute Gasteiger partial charge is 0.216 e. The van der Waals surface area contributed by atoms with E-state index in [0.29, 0.717) is 12.4 Å². The van der Waals surface area contributed by atoms with Crippen LogP contribution in [0.15, 0.2) is 9.41 Å². The van der Waals surface area contributed by atoms with Crippen LogP contribution in [-0.2, 0) is 6.54 Å². The number of nitrogens with one attached hydrogen (secondary N) is 2. The SMILES string of the molecule is CCCCCCNC(=NCc1nc(C)c(C)o1)NCC.I. The van der Waals surface area contributed by atoms with Gasteiger partial charge in [-0.1, -0.05) is 26.2 Å². The van der Waals surface area contributed by atoms with Crippen LogP contribution in [0.3, 0.4) is 0 Å². The molecule has 0 saturated heterocycles. The largest absolute Gasteiger partial charge is 0.444 e. The molecule has 1 aromatic heterocycles. The second kappa shape index (κ2) is 11.8. The van der Waals surface area contributed by atoms with Gasteiger partial charge in [0.25, 0.3) is 0 Å². The summed E-state index contributed by atoms with van der Waals surface area (Å²) in [5, 5.41) is 6.58. The molecule has 0 aromatic carbocycles. The van der Waals surface area contributed by atoms with Crippen LogP contribution in [0.2, 0.25) is 0 Å². The number of aliphatic imine (C=N–C) groups is 1. The van der Waals surface area contributed by atoms with E-state index in [9.17, 15) is 0 Å². The number of hydrogen-bond donors (Lipinski definition) is 2. The van der Waals surface area contributed by atoms with Gasteiger partial charge in [-0.05, 0) is 27.2 Å². The summed E-state index contributed by atoms with van der Waals surface area (Å²) in [5.41, 5.74) is 0.938. The Hall–Kier alpha value is -0.790. The lowest BCUT2D eigenvalue weighted by Crippen LogP contribution is -2.37. The predicted molar refractivity (Wildman–Crippen MR) is 98.4 cm³/mol. The Balaban J connectivity index is 0.00000400. The van der Waals surface area contributed by atoms with Crippen molar-refractivity contribution in [2.75, 3.05) is 13.1 Å². The van der Waals surface area contributed by atoms with Gasteiger partial charge in [0.2, 0.25) is 5.89 Å². The van der Waals surface area contributed by atoms with Gasteiger partial charge >= 0.3 is 0 Å². The maximum Gasteiger partial charge on any atom is 0.216 e. The van der Waals surface area contributed by atoms with Crippen LogP contribution in [0, 0.1) is 13.8 Å². The van der Waals surface area contributed by atoms with E-state index >= 15 is 0 Å². The first-order valence-electron chi connectivity index (χ1n) is 7.62. The molecule has 0 unspecified atom stereocenters. The maximum absolute atomic E-state index is 5.53. The zero-order valence-electron chi connectivity index (χ0n) is 13.7. The number of unbranched alkanes of at least 4 members (excludes halogenated alkanes) is 3. The van der Waals surface area contributed by atoms with Gasteiger partial charge in [0.05, 0.1) is 5.69 Å². The number of nitrogens with zero attached hydrogens (tertiary/aromatic N) is 2. The van der Waals surface area contributed by atoms with E-state index in [2.05, 4.69) is 34.5 Å². The molecule has 1 aromatic rings. The second-order valence-electron chi connectivity index (χ2n) is 4.93. The topological polar surface area (TPSA) is 62.5 Å². The second-order valence-corrected chi connectivity index (χ2v) is 4.93. The lowest BCUT2D eigenvalue weighted by Gasteiger charge is -2.10. The molecule has 1 rings (SSSR count). The fourth-order valence-electron chi connectivity index (χ4n) is 1.85. The molecule has 0 aliphatic carbocycles. The Morgan fingerprint density at radius 2 is 1.90 bits per heavy atom. The highest BCUT2D eigenvalue weighted by Gasteiger charge is 2.05. The highest BCUT2D eigenvalue weighted by atomic mass is 127. The first-order valence-corrected chi connectivity index (χ1v) is 7.62. The lowest BCUT2D eigenvalue weighted by molar-refractivity contribution is 0.472. The third kappa shape index (κ3) is 8.28. The van der Waals surface area contributed by atoms with Gasteiger partial charge in [-0.15, -0.1) is 24.0 Å². The average molecular weight is 408 g/mol. The highest BCUT2D eigenvalue weighted by Crippen LogP contribution is 2.08. The van der Waals surface area contributed by atoms with Crippen LogP contribution in [0.4, 0.5) is 0 Å². The zero-order valence-corrected chi connectivity index (χ0v) is 16.0. The number of oxazole rings is 1. The minimum Gasteiger partial charge on any atom is -0.444 e. The average Bonchev–Trinajstić information content (AvgIpc) is 2.75. The number of aryl methyl sites for hydroxylation is 2. The van der Waals surface area contributed by atoms with Gasteiger partial charge in [-0.2, -0.15) is 0 Å². The van der Waals surface area contributed by atoms with Crippen molar-refractivity contribution in [3.05, 3.63) is 17.3 Å². The molecule has 0 spiro atoms. The molecule has 0 aliphatic rings. The predicted octanol–water partition coefficient (Wildman–Crippen LogP) is 3.54. The molecule has 6 heteroatoms. The van der Waals surface area contributed by atoms with Crippen molar-refractivity contribution in [1.29, 1.82) is 0 Å². The molecule has 122 valence electrons. The Bertz CT molecular complexity index is 398. The molecule has 0 aliphatic heterocycles. The molecule has 0 radical (unpaired) electrons. The normalized spacial score (nSPS) is 11.1. The van der Waals surface area contributed by atoms with Crippen LogP contribution in [0.25, 0.3) is 0 Å². The summed E-state index contributed by atoms with van der Waals surface area (Å²) in [7, 11) is 0. The molecule has 0 fully saturated rings. The summed E-state index contributed by atoms with van der Waals surface area (Å²) < 4.78 is 5.53. The van der Waals surface area contributed by atoms with Gasteiger partial charge < -0.3 is 15.1 Å². The minimum atomic E-state index is 0. The van der Waals surface area contributed by atoms with Gasteiger partial charge in [-0.3, -0.25) is 0 Å². The summed E-state index contributed by atoms with van der Waals surface area (Å²) in [4.78, 5) is 8.83. The number of aromatic nitrogens is 1. The third-order valence-electron chi connectivity index (χ3n) is 3.11. The van der Waals surface area contributed by atoms with Gasteiger partial charge in [0, 0.05) is 13.1 Å². The third-order valence-corrected chi connectivity index (χ3v) is 3.11. The van der Waals surface area contributed by atoms with Crippen molar-refractivity contribution in [1.82, 2.24) is 15.6 Å². The van der Waals surface area contributed by atoms with Crippen molar-refractivity contribution in [2.24, 2.45) is 4.99 Å². The van der Waals surface area contributed by atoms with Crippen molar-refractivity contribution in [3.63, 3.8) is 0 Å².